The normalized spacial score (nSPS) is 11.6. The zero-order valence-electron chi connectivity index (χ0n) is 14.8. The average Bonchev–Trinajstić information content (AvgIpc) is 2.88. The second kappa shape index (κ2) is 8.45. The molecule has 1 amide bonds. The number of carbonyl (C=O) groups excluding carboxylic acids is 2. The number of hydrogen-bond donors (Lipinski definition) is 0. The van der Waals surface area contributed by atoms with Crippen LogP contribution in [0, 0.1) is 6.92 Å². The minimum atomic E-state index is -0.444. The summed E-state index contributed by atoms with van der Waals surface area (Å²) in [5, 5.41) is 0.435. The lowest BCUT2D eigenvalue weighted by atomic mass is 10.2. The van der Waals surface area contributed by atoms with E-state index in [1.165, 1.54) is 31.4 Å². The standard InChI is InChI=1S/C18H21ClN2O3S/c1-5-6-9-21-11(2)16(12(3)22)25-18(21)20-17(23)14-10-13(19)7-8-15(14)24-4/h7-8,10H,5-6,9H2,1-4H3. The lowest BCUT2D eigenvalue weighted by Gasteiger charge is -2.06. The summed E-state index contributed by atoms with van der Waals surface area (Å²) in [6, 6.07) is 4.83. The van der Waals surface area contributed by atoms with Crippen molar-refractivity contribution in [3.8, 4) is 5.75 Å². The van der Waals surface area contributed by atoms with Crippen molar-refractivity contribution in [1.82, 2.24) is 4.57 Å². The second-order valence-corrected chi connectivity index (χ2v) is 7.04. The number of aromatic nitrogens is 1. The van der Waals surface area contributed by atoms with Crippen LogP contribution in [0.15, 0.2) is 23.2 Å². The highest BCUT2D eigenvalue weighted by molar-refractivity contribution is 7.11. The molecular formula is C18H21ClN2O3S. The Bertz CT molecular complexity index is 868. The van der Waals surface area contributed by atoms with E-state index in [1.807, 2.05) is 11.5 Å². The molecule has 0 spiro atoms. The quantitative estimate of drug-likeness (QED) is 0.703. The number of nitrogens with zero attached hydrogens (tertiary/aromatic N) is 2. The summed E-state index contributed by atoms with van der Waals surface area (Å²) < 4.78 is 7.15. The van der Waals surface area contributed by atoms with Gasteiger partial charge in [0, 0.05) is 24.2 Å². The lowest BCUT2D eigenvalue weighted by molar-refractivity contribution is 0.0992. The number of thiazole rings is 1. The van der Waals surface area contributed by atoms with Crippen molar-refractivity contribution in [2.75, 3.05) is 7.11 Å². The van der Waals surface area contributed by atoms with E-state index in [4.69, 9.17) is 16.3 Å². The maximum absolute atomic E-state index is 12.7. The fraction of sp³-hybridized carbons (Fsp3) is 0.389. The van der Waals surface area contributed by atoms with Gasteiger partial charge in [-0.2, -0.15) is 4.99 Å². The van der Waals surface area contributed by atoms with Gasteiger partial charge in [0.25, 0.3) is 5.91 Å². The molecule has 0 fully saturated rings. The van der Waals surface area contributed by atoms with E-state index < -0.39 is 5.91 Å². The van der Waals surface area contributed by atoms with Crippen LogP contribution in [0.25, 0.3) is 0 Å². The maximum Gasteiger partial charge on any atom is 0.283 e. The van der Waals surface area contributed by atoms with Gasteiger partial charge < -0.3 is 9.30 Å². The van der Waals surface area contributed by atoms with Crippen molar-refractivity contribution < 1.29 is 14.3 Å². The number of benzene rings is 1. The molecule has 2 rings (SSSR count). The Morgan fingerprint density at radius 3 is 2.68 bits per heavy atom. The minimum absolute atomic E-state index is 0.0259. The minimum Gasteiger partial charge on any atom is -0.496 e. The third-order valence-corrected chi connectivity index (χ3v) is 5.32. The predicted molar refractivity (Wildman–Crippen MR) is 99.9 cm³/mol. The molecule has 1 aromatic carbocycles. The zero-order valence-corrected chi connectivity index (χ0v) is 16.3. The maximum atomic E-state index is 12.7. The fourth-order valence-electron chi connectivity index (χ4n) is 2.47. The van der Waals surface area contributed by atoms with E-state index in [2.05, 4.69) is 11.9 Å². The van der Waals surface area contributed by atoms with Crippen LogP contribution < -0.4 is 9.54 Å². The number of amides is 1. The molecule has 1 aromatic heterocycles. The van der Waals surface area contributed by atoms with Crippen LogP contribution in [0.5, 0.6) is 5.75 Å². The van der Waals surface area contributed by atoms with Crippen LogP contribution >= 0.6 is 22.9 Å². The van der Waals surface area contributed by atoms with Crippen LogP contribution in [-0.4, -0.2) is 23.4 Å². The molecule has 5 nitrogen and oxygen atoms in total. The Kier molecular flexibility index (Phi) is 6.56. The molecule has 0 saturated carbocycles. The summed E-state index contributed by atoms with van der Waals surface area (Å²) in [5.41, 5.74) is 1.14. The monoisotopic (exact) mass is 380 g/mol. The van der Waals surface area contributed by atoms with Crippen LogP contribution in [0.3, 0.4) is 0 Å². The van der Waals surface area contributed by atoms with Crippen molar-refractivity contribution in [2.45, 2.75) is 40.2 Å². The van der Waals surface area contributed by atoms with E-state index >= 15 is 0 Å². The predicted octanol–water partition coefficient (Wildman–Crippen LogP) is 4.26. The largest absolute Gasteiger partial charge is 0.496 e. The van der Waals surface area contributed by atoms with Crippen LogP contribution in [0.4, 0.5) is 0 Å². The number of halogens is 1. The van der Waals surface area contributed by atoms with Gasteiger partial charge in [-0.15, -0.1) is 0 Å². The first-order chi connectivity index (χ1) is 11.9. The van der Waals surface area contributed by atoms with Crippen LogP contribution in [0.1, 0.15) is 52.4 Å². The Morgan fingerprint density at radius 2 is 2.08 bits per heavy atom. The van der Waals surface area contributed by atoms with Crippen molar-refractivity contribution in [1.29, 1.82) is 0 Å². The molecule has 0 unspecified atom stereocenters. The molecular weight excluding hydrogens is 360 g/mol. The topological polar surface area (TPSA) is 60.7 Å². The number of carbonyl (C=O) groups is 2. The molecule has 1 heterocycles. The number of ketones is 1. The van der Waals surface area contributed by atoms with Crippen LogP contribution in [-0.2, 0) is 6.54 Å². The molecule has 134 valence electrons. The van der Waals surface area contributed by atoms with E-state index in [0.29, 0.717) is 32.6 Å². The smallest absolute Gasteiger partial charge is 0.283 e. The number of Topliss-reactive ketones (excluding diaryl/α,β-unsaturated/α-hetero) is 1. The van der Waals surface area contributed by atoms with E-state index in [9.17, 15) is 9.59 Å². The van der Waals surface area contributed by atoms with Gasteiger partial charge >= 0.3 is 0 Å². The van der Waals surface area contributed by atoms with Crippen molar-refractivity contribution >= 4 is 34.6 Å². The SMILES string of the molecule is CCCCn1c(C)c(C(C)=O)sc1=NC(=O)c1cc(Cl)ccc1OC. The Morgan fingerprint density at radius 1 is 1.36 bits per heavy atom. The third kappa shape index (κ3) is 4.38. The summed E-state index contributed by atoms with van der Waals surface area (Å²) >= 11 is 7.23. The molecule has 0 aliphatic rings. The third-order valence-electron chi connectivity index (χ3n) is 3.80. The van der Waals surface area contributed by atoms with Gasteiger partial charge in [-0.3, -0.25) is 9.59 Å². The number of methoxy groups -OCH3 is 1. The first-order valence-electron chi connectivity index (χ1n) is 8.02. The first kappa shape index (κ1) is 19.4. The lowest BCUT2D eigenvalue weighted by Crippen LogP contribution is -2.18. The average molecular weight is 381 g/mol. The Hall–Kier alpha value is -1.92. The highest BCUT2D eigenvalue weighted by atomic mass is 35.5. The Balaban J connectivity index is 2.56. The summed E-state index contributed by atoms with van der Waals surface area (Å²) in [6.07, 6.45) is 1.95. The number of ether oxygens (including phenoxy) is 1. The number of unbranched alkanes of at least 4 members (excludes halogenated alkanes) is 1. The molecule has 0 bridgehead atoms. The van der Waals surface area contributed by atoms with Gasteiger partial charge in [-0.25, -0.2) is 0 Å². The van der Waals surface area contributed by atoms with E-state index in [-0.39, 0.29) is 5.78 Å². The summed E-state index contributed by atoms with van der Waals surface area (Å²) in [7, 11) is 1.49. The van der Waals surface area contributed by atoms with Crippen LogP contribution in [0.2, 0.25) is 5.02 Å². The summed E-state index contributed by atoms with van der Waals surface area (Å²) in [6.45, 7) is 6.21. The Labute approximate surface area is 155 Å². The van der Waals surface area contributed by atoms with Gasteiger partial charge in [0.2, 0.25) is 0 Å². The zero-order chi connectivity index (χ0) is 18.6. The molecule has 7 heteroatoms. The number of hydrogen-bond acceptors (Lipinski definition) is 4. The summed E-state index contributed by atoms with van der Waals surface area (Å²) in [5.74, 6) is -0.0544. The van der Waals surface area contributed by atoms with Gasteiger partial charge in [0.1, 0.15) is 5.75 Å². The second-order valence-electron chi connectivity index (χ2n) is 5.62. The first-order valence-corrected chi connectivity index (χ1v) is 9.22. The molecule has 25 heavy (non-hydrogen) atoms. The highest BCUT2D eigenvalue weighted by Crippen LogP contribution is 2.23. The molecule has 0 aliphatic carbocycles. The molecule has 2 aromatic rings. The highest BCUT2D eigenvalue weighted by Gasteiger charge is 2.16. The van der Waals surface area contributed by atoms with Gasteiger partial charge in [-0.05, 0) is 31.5 Å². The molecule has 0 saturated heterocycles. The molecule has 0 N–H and O–H groups in total. The van der Waals surface area contributed by atoms with Crippen molar-refractivity contribution in [3.63, 3.8) is 0 Å². The van der Waals surface area contributed by atoms with Gasteiger partial charge in [0.15, 0.2) is 10.6 Å². The summed E-state index contributed by atoms with van der Waals surface area (Å²) in [4.78, 5) is 29.9. The van der Waals surface area contributed by atoms with Gasteiger partial charge in [0.05, 0.1) is 17.6 Å². The van der Waals surface area contributed by atoms with E-state index in [0.717, 1.165) is 18.5 Å². The van der Waals surface area contributed by atoms with Crippen molar-refractivity contribution in [3.05, 3.63) is 44.2 Å². The van der Waals surface area contributed by atoms with Crippen molar-refractivity contribution in [2.24, 2.45) is 4.99 Å². The van der Waals surface area contributed by atoms with E-state index in [1.54, 1.807) is 12.1 Å². The van der Waals surface area contributed by atoms with Gasteiger partial charge in [-0.1, -0.05) is 36.3 Å². The fourth-order valence-corrected chi connectivity index (χ4v) is 3.69. The molecule has 0 radical (unpaired) electrons. The molecule has 0 atom stereocenters. The molecule has 0 aliphatic heterocycles. The number of rotatable bonds is 6.